The molecule has 1 N–H and O–H groups in total. The van der Waals surface area contributed by atoms with Gasteiger partial charge in [-0.25, -0.2) is 4.39 Å². The molecule has 0 unspecified atom stereocenters. The molecule has 2 rings (SSSR count). The predicted octanol–water partition coefficient (Wildman–Crippen LogP) is 4.05. The molecule has 0 fully saturated rings. The van der Waals surface area contributed by atoms with Gasteiger partial charge in [0.1, 0.15) is 23.2 Å². The highest BCUT2D eigenvalue weighted by Gasteiger charge is 2.16. The number of nitrogens with one attached hydrogen (secondary N) is 1. The van der Waals surface area contributed by atoms with Crippen molar-refractivity contribution in [3.8, 4) is 11.8 Å². The van der Waals surface area contributed by atoms with Crippen LogP contribution in [0.5, 0.6) is 5.75 Å². The molecule has 0 atom stereocenters. The lowest BCUT2D eigenvalue weighted by Gasteiger charge is -2.06. The summed E-state index contributed by atoms with van der Waals surface area (Å²) < 4.78 is 19.5. The third-order valence-electron chi connectivity index (χ3n) is 3.26. The van der Waals surface area contributed by atoms with E-state index in [1.807, 2.05) is 0 Å². The molecule has 2 aromatic carbocycles. The Morgan fingerprint density at radius 1 is 1.38 bits per heavy atom. The zero-order chi connectivity index (χ0) is 19.3. The largest absolute Gasteiger partial charge is 0.496 e. The number of carbonyl (C=O) groups excluding carboxylic acids is 1. The van der Waals surface area contributed by atoms with Crippen LogP contribution in [0.2, 0.25) is 0 Å². The number of nitrogens with zero attached hydrogens (tertiary/aromatic N) is 2. The minimum absolute atomic E-state index is 0.298. The molecule has 1 amide bonds. The van der Waals surface area contributed by atoms with Gasteiger partial charge in [0.05, 0.1) is 22.2 Å². The standard InChI is InChI=1S/C17H11BrFN3O4/c1-26-16-5-2-10(7-13(16)18)6-11(9-20)17(23)21-15-8-12(22(24)25)3-4-14(15)19/h2-8H,1H3,(H,21,23)/b11-6+. The number of halogens is 2. The Balaban J connectivity index is 2.30. The Labute approximate surface area is 156 Å². The highest BCUT2D eigenvalue weighted by Crippen LogP contribution is 2.27. The van der Waals surface area contributed by atoms with Gasteiger partial charge in [0.2, 0.25) is 0 Å². The van der Waals surface area contributed by atoms with Crippen molar-refractivity contribution in [2.75, 3.05) is 12.4 Å². The smallest absolute Gasteiger partial charge is 0.271 e. The summed E-state index contributed by atoms with van der Waals surface area (Å²) in [4.78, 5) is 22.3. The molecular formula is C17H11BrFN3O4. The van der Waals surface area contributed by atoms with Crippen LogP contribution in [0, 0.1) is 27.3 Å². The molecule has 0 heterocycles. The SMILES string of the molecule is COc1ccc(/C=C(\C#N)C(=O)Nc2cc([N+](=O)[O-])ccc2F)cc1Br. The number of nitriles is 1. The van der Waals surface area contributed by atoms with Crippen LogP contribution in [0.1, 0.15) is 5.56 Å². The van der Waals surface area contributed by atoms with Gasteiger partial charge >= 0.3 is 0 Å². The highest BCUT2D eigenvalue weighted by molar-refractivity contribution is 9.10. The second kappa shape index (κ2) is 8.22. The minimum atomic E-state index is -0.890. The number of anilines is 1. The first-order valence-corrected chi connectivity index (χ1v) is 7.85. The summed E-state index contributed by atoms with van der Waals surface area (Å²) in [7, 11) is 1.50. The van der Waals surface area contributed by atoms with Crippen LogP contribution in [-0.4, -0.2) is 17.9 Å². The van der Waals surface area contributed by atoms with E-state index in [9.17, 15) is 24.6 Å². The molecule has 0 radical (unpaired) electrons. The van der Waals surface area contributed by atoms with Gasteiger partial charge in [-0.1, -0.05) is 6.07 Å². The maximum Gasteiger partial charge on any atom is 0.271 e. The van der Waals surface area contributed by atoms with Gasteiger partial charge < -0.3 is 10.1 Å². The zero-order valence-electron chi connectivity index (χ0n) is 13.3. The summed E-state index contributed by atoms with van der Waals surface area (Å²) in [5.41, 5.74) is -0.540. The number of hydrogen-bond acceptors (Lipinski definition) is 5. The van der Waals surface area contributed by atoms with Crippen LogP contribution in [0.4, 0.5) is 15.8 Å². The van der Waals surface area contributed by atoms with E-state index in [1.165, 1.54) is 13.2 Å². The quantitative estimate of drug-likeness (QED) is 0.340. The summed E-state index contributed by atoms with van der Waals surface area (Å²) in [6, 6.07) is 9.35. The number of nitro benzene ring substituents is 1. The lowest BCUT2D eigenvalue weighted by atomic mass is 10.1. The van der Waals surface area contributed by atoms with Gasteiger partial charge in [0.25, 0.3) is 11.6 Å². The fourth-order valence-corrected chi connectivity index (χ4v) is 2.56. The number of carbonyl (C=O) groups is 1. The third-order valence-corrected chi connectivity index (χ3v) is 3.88. The second-order valence-corrected chi connectivity index (χ2v) is 5.79. The summed E-state index contributed by atoms with van der Waals surface area (Å²) in [5.74, 6) is -1.17. The fraction of sp³-hybridized carbons (Fsp3) is 0.0588. The topological polar surface area (TPSA) is 105 Å². The van der Waals surface area contributed by atoms with Crippen molar-refractivity contribution in [2.45, 2.75) is 0 Å². The normalized spacial score (nSPS) is 10.8. The van der Waals surface area contributed by atoms with Gasteiger partial charge in [0, 0.05) is 12.1 Å². The van der Waals surface area contributed by atoms with Crippen molar-refractivity contribution < 1.29 is 18.8 Å². The molecule has 0 aliphatic rings. The van der Waals surface area contributed by atoms with Crippen molar-refractivity contribution in [3.05, 3.63) is 67.9 Å². The fourth-order valence-electron chi connectivity index (χ4n) is 2.00. The van der Waals surface area contributed by atoms with Gasteiger partial charge in [-0.05, 0) is 45.8 Å². The summed E-state index contributed by atoms with van der Waals surface area (Å²) in [6.07, 6.45) is 1.30. The van der Waals surface area contributed by atoms with E-state index in [1.54, 1.807) is 24.3 Å². The maximum absolute atomic E-state index is 13.8. The molecular weight excluding hydrogens is 409 g/mol. The van der Waals surface area contributed by atoms with Gasteiger partial charge in [-0.2, -0.15) is 5.26 Å². The number of benzene rings is 2. The van der Waals surface area contributed by atoms with Crippen LogP contribution in [-0.2, 0) is 4.79 Å². The van der Waals surface area contributed by atoms with E-state index in [0.717, 1.165) is 18.2 Å². The number of nitro groups is 1. The van der Waals surface area contributed by atoms with E-state index in [4.69, 9.17) is 4.74 Å². The lowest BCUT2D eigenvalue weighted by molar-refractivity contribution is -0.384. The summed E-state index contributed by atoms with van der Waals surface area (Å²) in [5, 5.41) is 22.1. The minimum Gasteiger partial charge on any atom is -0.496 e. The van der Waals surface area contributed by atoms with Crippen molar-refractivity contribution in [3.63, 3.8) is 0 Å². The molecule has 0 aromatic heterocycles. The number of rotatable bonds is 5. The Kier molecular flexibility index (Phi) is 6.03. The zero-order valence-corrected chi connectivity index (χ0v) is 14.9. The van der Waals surface area contributed by atoms with Crippen LogP contribution >= 0.6 is 15.9 Å². The molecule has 26 heavy (non-hydrogen) atoms. The lowest BCUT2D eigenvalue weighted by Crippen LogP contribution is -2.14. The Hall–Kier alpha value is -3.25. The maximum atomic E-state index is 13.8. The first-order valence-electron chi connectivity index (χ1n) is 7.06. The van der Waals surface area contributed by atoms with Crippen molar-refractivity contribution in [2.24, 2.45) is 0 Å². The Bertz CT molecular complexity index is 954. The second-order valence-electron chi connectivity index (χ2n) is 4.94. The molecule has 0 saturated heterocycles. The molecule has 0 saturated carbocycles. The van der Waals surface area contributed by atoms with Crippen LogP contribution < -0.4 is 10.1 Å². The molecule has 0 aliphatic carbocycles. The number of hydrogen-bond donors (Lipinski definition) is 1. The molecule has 132 valence electrons. The number of non-ortho nitro benzene ring substituents is 1. The summed E-state index contributed by atoms with van der Waals surface area (Å²) in [6.45, 7) is 0. The van der Waals surface area contributed by atoms with Gasteiger partial charge in [-0.3, -0.25) is 14.9 Å². The number of amides is 1. The third kappa shape index (κ3) is 4.43. The van der Waals surface area contributed by atoms with Gasteiger partial charge in [-0.15, -0.1) is 0 Å². The monoisotopic (exact) mass is 419 g/mol. The van der Waals surface area contributed by atoms with E-state index in [0.29, 0.717) is 15.8 Å². The average Bonchev–Trinajstić information content (AvgIpc) is 2.61. The first-order chi connectivity index (χ1) is 12.3. The first kappa shape index (κ1) is 19.1. The van der Waals surface area contributed by atoms with Crippen LogP contribution in [0.15, 0.2) is 46.4 Å². The highest BCUT2D eigenvalue weighted by atomic mass is 79.9. The van der Waals surface area contributed by atoms with Gasteiger partial charge in [0.15, 0.2) is 0 Å². The van der Waals surface area contributed by atoms with E-state index in [-0.39, 0.29) is 16.9 Å². The molecule has 0 aliphatic heterocycles. The van der Waals surface area contributed by atoms with Crippen molar-refractivity contribution >= 4 is 39.3 Å². The van der Waals surface area contributed by atoms with Crippen molar-refractivity contribution in [1.82, 2.24) is 0 Å². The summed E-state index contributed by atoms with van der Waals surface area (Å²) >= 11 is 3.29. The predicted molar refractivity (Wildman–Crippen MR) is 96.0 cm³/mol. The molecule has 2 aromatic rings. The van der Waals surface area contributed by atoms with Crippen molar-refractivity contribution in [1.29, 1.82) is 5.26 Å². The Morgan fingerprint density at radius 3 is 2.69 bits per heavy atom. The molecule has 0 spiro atoms. The number of ether oxygens (including phenoxy) is 1. The van der Waals surface area contributed by atoms with Crippen LogP contribution in [0.3, 0.4) is 0 Å². The average molecular weight is 420 g/mol. The van der Waals surface area contributed by atoms with E-state index < -0.39 is 16.6 Å². The molecule has 0 bridgehead atoms. The molecule has 9 heteroatoms. The van der Waals surface area contributed by atoms with E-state index >= 15 is 0 Å². The molecule has 7 nitrogen and oxygen atoms in total. The van der Waals surface area contributed by atoms with Crippen LogP contribution in [0.25, 0.3) is 6.08 Å². The van der Waals surface area contributed by atoms with E-state index in [2.05, 4.69) is 21.2 Å². The Morgan fingerprint density at radius 2 is 2.12 bits per heavy atom. The number of methoxy groups -OCH3 is 1.